The van der Waals surface area contributed by atoms with Crippen LogP contribution in [0.25, 0.3) is 0 Å². The van der Waals surface area contributed by atoms with E-state index in [1.807, 2.05) is 13.8 Å². The Morgan fingerprint density at radius 2 is 1.83 bits per heavy atom. The molecule has 0 spiro atoms. The number of hydrogen-bond donors (Lipinski definition) is 1. The van der Waals surface area contributed by atoms with Gasteiger partial charge in [-0.15, -0.1) is 0 Å². The first kappa shape index (κ1) is 17.1. The number of aromatic nitrogens is 2. The topological polar surface area (TPSA) is 84.3 Å². The number of sulfone groups is 1. The number of carbonyl (C=O) groups is 1. The third-order valence-electron chi connectivity index (χ3n) is 5.21. The number of rotatable bonds is 2. The lowest BCUT2D eigenvalue weighted by atomic mass is 9.71. The Morgan fingerprint density at radius 3 is 2.33 bits per heavy atom. The number of nitrogens with zero attached hydrogens (tertiary/aromatic N) is 3. The van der Waals surface area contributed by atoms with Crippen LogP contribution in [0.1, 0.15) is 26.0 Å². The van der Waals surface area contributed by atoms with Crippen molar-refractivity contribution in [2.75, 3.05) is 29.9 Å². The summed E-state index contributed by atoms with van der Waals surface area (Å²) in [4.78, 5) is 14.0. The third-order valence-corrected chi connectivity index (χ3v) is 7.36. The predicted octanol–water partition coefficient (Wildman–Crippen LogP) is 1.65. The number of halogens is 2. The summed E-state index contributed by atoms with van der Waals surface area (Å²) in [5.74, 6) is 0.0743. The lowest BCUT2D eigenvalue weighted by Crippen LogP contribution is -2.36. The fourth-order valence-electron chi connectivity index (χ4n) is 3.84. The largest absolute Gasteiger partial charge is 0.323 e. The van der Waals surface area contributed by atoms with E-state index < -0.39 is 38.8 Å². The summed E-state index contributed by atoms with van der Waals surface area (Å²) in [6, 6.07) is -0.515. The molecule has 24 heavy (non-hydrogen) atoms. The Balaban J connectivity index is 1.77. The first-order chi connectivity index (χ1) is 10.9. The van der Waals surface area contributed by atoms with E-state index in [4.69, 9.17) is 0 Å². The minimum Gasteiger partial charge on any atom is -0.323 e. The molecule has 2 fully saturated rings. The van der Waals surface area contributed by atoms with E-state index >= 15 is 0 Å². The van der Waals surface area contributed by atoms with Gasteiger partial charge in [-0.2, -0.15) is 5.10 Å². The maximum atomic E-state index is 13.0. The molecule has 0 saturated carbocycles. The van der Waals surface area contributed by atoms with Gasteiger partial charge in [-0.05, 0) is 0 Å². The van der Waals surface area contributed by atoms with Gasteiger partial charge >= 0.3 is 6.03 Å². The molecule has 2 aliphatic heterocycles. The van der Waals surface area contributed by atoms with E-state index in [0.29, 0.717) is 0 Å². The summed E-state index contributed by atoms with van der Waals surface area (Å²) in [7, 11) is -1.62. The van der Waals surface area contributed by atoms with E-state index in [1.54, 1.807) is 0 Å². The van der Waals surface area contributed by atoms with Crippen LogP contribution in [0.3, 0.4) is 0 Å². The summed E-state index contributed by atoms with van der Waals surface area (Å²) in [6.45, 7) is 4.27. The second kappa shape index (κ2) is 5.14. The molecule has 134 valence electrons. The van der Waals surface area contributed by atoms with Gasteiger partial charge in [-0.25, -0.2) is 22.0 Å². The average Bonchev–Trinajstić information content (AvgIpc) is 2.92. The Kier molecular flexibility index (Phi) is 3.67. The van der Waals surface area contributed by atoms with Crippen LogP contribution in [0.15, 0.2) is 6.20 Å². The minimum absolute atomic E-state index is 0.0301. The van der Waals surface area contributed by atoms with Crippen molar-refractivity contribution in [3.8, 4) is 0 Å². The zero-order valence-corrected chi connectivity index (χ0v) is 14.5. The van der Waals surface area contributed by atoms with Gasteiger partial charge in [-0.1, -0.05) is 13.8 Å². The average molecular weight is 362 g/mol. The highest BCUT2D eigenvalue weighted by Crippen LogP contribution is 2.52. The maximum Gasteiger partial charge on any atom is 0.321 e. The minimum atomic E-state index is -3.12. The molecule has 7 nitrogen and oxygen atoms in total. The molecule has 3 heterocycles. The van der Waals surface area contributed by atoms with E-state index in [-0.39, 0.29) is 30.3 Å². The summed E-state index contributed by atoms with van der Waals surface area (Å²) < 4.78 is 51.0. The fourth-order valence-corrected chi connectivity index (χ4v) is 6.77. The van der Waals surface area contributed by atoms with Crippen LogP contribution in [0.2, 0.25) is 0 Å². The molecular weight excluding hydrogens is 342 g/mol. The zero-order valence-electron chi connectivity index (χ0n) is 13.7. The van der Waals surface area contributed by atoms with Gasteiger partial charge < -0.3 is 10.2 Å². The molecule has 0 aliphatic carbocycles. The van der Waals surface area contributed by atoms with Crippen molar-refractivity contribution in [2.24, 2.45) is 17.9 Å². The highest BCUT2D eigenvalue weighted by atomic mass is 32.2. The van der Waals surface area contributed by atoms with Crippen LogP contribution in [-0.2, 0) is 16.9 Å². The normalized spacial score (nSPS) is 31.5. The number of urea groups is 1. The first-order valence-electron chi connectivity index (χ1n) is 7.53. The highest BCUT2D eigenvalue weighted by molar-refractivity contribution is 7.91. The van der Waals surface area contributed by atoms with Crippen molar-refractivity contribution in [1.82, 2.24) is 14.7 Å². The van der Waals surface area contributed by atoms with E-state index in [1.165, 1.54) is 22.8 Å². The van der Waals surface area contributed by atoms with Crippen molar-refractivity contribution in [3.63, 3.8) is 0 Å². The predicted molar refractivity (Wildman–Crippen MR) is 83.6 cm³/mol. The number of nitrogens with one attached hydrogen (secondary N) is 1. The van der Waals surface area contributed by atoms with E-state index in [9.17, 15) is 22.0 Å². The number of carbonyl (C=O) groups excluding carboxylic acids is 1. The van der Waals surface area contributed by atoms with Gasteiger partial charge in [0.2, 0.25) is 0 Å². The molecule has 1 aromatic heterocycles. The van der Waals surface area contributed by atoms with Gasteiger partial charge in [0.25, 0.3) is 6.43 Å². The molecule has 0 aromatic carbocycles. The lowest BCUT2D eigenvalue weighted by Gasteiger charge is -2.29. The number of fused-ring (bicyclic) bond motifs is 1. The molecule has 10 heteroatoms. The van der Waals surface area contributed by atoms with Crippen LogP contribution in [0, 0.1) is 10.8 Å². The van der Waals surface area contributed by atoms with Crippen molar-refractivity contribution in [3.05, 3.63) is 11.9 Å². The maximum absolute atomic E-state index is 13.0. The van der Waals surface area contributed by atoms with Crippen LogP contribution in [0.4, 0.5) is 19.3 Å². The van der Waals surface area contributed by atoms with Gasteiger partial charge in [-0.3, -0.25) is 4.68 Å². The Bertz CT molecular complexity index is 768. The molecule has 3 rings (SSSR count). The van der Waals surface area contributed by atoms with Gasteiger partial charge in [0, 0.05) is 37.2 Å². The molecule has 2 amide bonds. The Hall–Kier alpha value is -1.71. The Labute approximate surface area is 138 Å². The summed E-state index contributed by atoms with van der Waals surface area (Å²) in [5, 5.41) is 6.12. The number of amides is 2. The number of likely N-dealkylation sites (tertiary alicyclic amines) is 1. The molecular formula is C14H20F2N4O3S. The van der Waals surface area contributed by atoms with E-state index in [0.717, 1.165) is 0 Å². The second-order valence-electron chi connectivity index (χ2n) is 7.34. The second-order valence-corrected chi connectivity index (χ2v) is 9.41. The summed E-state index contributed by atoms with van der Waals surface area (Å²) in [6.07, 6.45) is -1.47. The van der Waals surface area contributed by atoms with Crippen LogP contribution in [0.5, 0.6) is 0 Å². The van der Waals surface area contributed by atoms with Crippen molar-refractivity contribution in [1.29, 1.82) is 0 Å². The standard InChI is InChI=1S/C14H20F2N4O3S/c1-13-5-20(6-14(13,2)8-24(22,23)7-13)12(21)17-9-4-19(3)18-10(9)11(15)16/h4,11H,5-8H2,1-3H3,(H,17,21)/t13-,14+. The number of hydrogen-bond acceptors (Lipinski definition) is 4. The summed E-state index contributed by atoms with van der Waals surface area (Å²) in [5.41, 5.74) is -1.56. The number of aryl methyl sites for hydroxylation is 1. The Morgan fingerprint density at radius 1 is 1.29 bits per heavy atom. The molecule has 1 N–H and O–H groups in total. The summed E-state index contributed by atoms with van der Waals surface area (Å²) >= 11 is 0. The number of alkyl halides is 2. The first-order valence-corrected chi connectivity index (χ1v) is 9.35. The van der Waals surface area contributed by atoms with Gasteiger partial charge in [0.15, 0.2) is 15.5 Å². The number of anilines is 1. The molecule has 0 radical (unpaired) electrons. The third kappa shape index (κ3) is 2.66. The molecule has 2 aliphatic rings. The fraction of sp³-hybridized carbons (Fsp3) is 0.714. The van der Waals surface area contributed by atoms with Crippen LogP contribution >= 0.6 is 0 Å². The molecule has 2 atom stereocenters. The van der Waals surface area contributed by atoms with Gasteiger partial charge in [0.1, 0.15) is 0 Å². The van der Waals surface area contributed by atoms with E-state index in [2.05, 4.69) is 10.4 Å². The van der Waals surface area contributed by atoms with Crippen LogP contribution < -0.4 is 5.32 Å². The molecule has 2 saturated heterocycles. The quantitative estimate of drug-likeness (QED) is 0.867. The van der Waals surface area contributed by atoms with Crippen molar-refractivity contribution in [2.45, 2.75) is 20.3 Å². The van der Waals surface area contributed by atoms with Crippen molar-refractivity contribution < 1.29 is 22.0 Å². The SMILES string of the molecule is Cn1cc(NC(=O)N2C[C@@]3(C)CS(=O)(=O)C[C@@]3(C)C2)c(C(F)F)n1. The van der Waals surface area contributed by atoms with Crippen molar-refractivity contribution >= 4 is 21.6 Å². The van der Waals surface area contributed by atoms with Gasteiger partial charge in [0.05, 0.1) is 17.2 Å². The van der Waals surface area contributed by atoms with Crippen LogP contribution in [-0.4, -0.2) is 53.7 Å². The molecule has 0 unspecified atom stereocenters. The molecule has 1 aromatic rings. The zero-order chi connectivity index (χ0) is 17.9. The lowest BCUT2D eigenvalue weighted by molar-refractivity contribution is 0.146. The highest BCUT2D eigenvalue weighted by Gasteiger charge is 2.61. The monoisotopic (exact) mass is 362 g/mol. The smallest absolute Gasteiger partial charge is 0.321 e. The molecule has 0 bridgehead atoms.